The topological polar surface area (TPSA) is 79.3 Å². The number of amides is 2. The molecule has 0 spiro atoms. The lowest BCUT2D eigenvalue weighted by Gasteiger charge is -2.19. The van der Waals surface area contributed by atoms with E-state index in [1.165, 1.54) is 17.5 Å². The molecule has 4 rings (SSSR count). The van der Waals surface area contributed by atoms with E-state index in [0.717, 1.165) is 48.6 Å². The molecule has 0 radical (unpaired) electrons. The van der Waals surface area contributed by atoms with E-state index in [1.807, 2.05) is 11.8 Å². The Bertz CT molecular complexity index is 801. The number of fused-ring (bicyclic) bond motifs is 1. The number of hydrogen-bond donors (Lipinski definition) is 0. The van der Waals surface area contributed by atoms with E-state index < -0.39 is 0 Å². The average molecular weight is 371 g/mol. The zero-order chi connectivity index (χ0) is 18.1. The van der Waals surface area contributed by atoms with Gasteiger partial charge in [-0.3, -0.25) is 14.6 Å². The van der Waals surface area contributed by atoms with Crippen LogP contribution in [0, 0.1) is 6.92 Å². The Hall–Kier alpha value is -2.35. The van der Waals surface area contributed by atoms with Crippen LogP contribution in [-0.2, 0) is 12.8 Å². The Morgan fingerprint density at radius 3 is 2.42 bits per heavy atom. The molecule has 7 nitrogen and oxygen atoms in total. The average Bonchev–Trinajstić information content (AvgIpc) is 3.28. The summed E-state index contributed by atoms with van der Waals surface area (Å²) in [6.07, 6.45) is 6.70. The minimum absolute atomic E-state index is 0.0587. The predicted octanol–water partition coefficient (Wildman–Crippen LogP) is 1.72. The molecule has 2 aliphatic heterocycles. The number of rotatable bonds is 2. The molecule has 0 saturated carbocycles. The first-order valence-corrected chi connectivity index (χ1v) is 9.79. The van der Waals surface area contributed by atoms with E-state index in [-0.39, 0.29) is 11.8 Å². The van der Waals surface area contributed by atoms with E-state index in [0.29, 0.717) is 30.2 Å². The molecule has 2 aliphatic rings. The summed E-state index contributed by atoms with van der Waals surface area (Å²) in [5.74, 6) is -0.0375. The maximum atomic E-state index is 12.6. The number of hydrogen-bond acceptors (Lipinski definition) is 6. The van der Waals surface area contributed by atoms with Gasteiger partial charge in [0, 0.05) is 50.1 Å². The molecule has 2 amide bonds. The van der Waals surface area contributed by atoms with Crippen molar-refractivity contribution in [3.8, 4) is 0 Å². The fraction of sp³-hybridized carbons (Fsp3) is 0.500. The summed E-state index contributed by atoms with van der Waals surface area (Å²) in [5, 5.41) is 0.598. The van der Waals surface area contributed by atoms with Crippen LogP contribution >= 0.6 is 11.3 Å². The Kier molecular flexibility index (Phi) is 4.67. The quantitative estimate of drug-likeness (QED) is 0.803. The summed E-state index contributed by atoms with van der Waals surface area (Å²) in [6, 6.07) is 0. The van der Waals surface area contributed by atoms with Crippen LogP contribution in [-0.4, -0.2) is 62.7 Å². The van der Waals surface area contributed by atoms with Gasteiger partial charge in [0.15, 0.2) is 5.01 Å². The van der Waals surface area contributed by atoms with Crippen LogP contribution in [0.25, 0.3) is 0 Å². The number of aryl methyl sites for hydroxylation is 1. The highest BCUT2D eigenvalue weighted by atomic mass is 32.1. The van der Waals surface area contributed by atoms with Crippen LogP contribution in [0.1, 0.15) is 49.4 Å². The van der Waals surface area contributed by atoms with E-state index in [4.69, 9.17) is 0 Å². The molecule has 0 N–H and O–H groups in total. The Labute approximate surface area is 156 Å². The number of likely N-dealkylation sites (tertiary alicyclic amines) is 1. The molecule has 4 heterocycles. The number of carbonyl (C=O) groups is 2. The highest BCUT2D eigenvalue weighted by Crippen LogP contribution is 2.25. The zero-order valence-electron chi connectivity index (χ0n) is 14.8. The lowest BCUT2D eigenvalue weighted by atomic mass is 10.2. The highest BCUT2D eigenvalue weighted by Gasteiger charge is 2.27. The second-order valence-electron chi connectivity index (χ2n) is 6.72. The molecular weight excluding hydrogens is 350 g/mol. The van der Waals surface area contributed by atoms with Gasteiger partial charge in [-0.1, -0.05) is 0 Å². The highest BCUT2D eigenvalue weighted by molar-refractivity contribution is 7.13. The number of thiazole rings is 1. The van der Waals surface area contributed by atoms with Crippen molar-refractivity contribution in [1.29, 1.82) is 0 Å². The van der Waals surface area contributed by atoms with Crippen molar-refractivity contribution in [2.24, 2.45) is 0 Å². The van der Waals surface area contributed by atoms with E-state index >= 15 is 0 Å². The smallest absolute Gasteiger partial charge is 0.282 e. The summed E-state index contributed by atoms with van der Waals surface area (Å²) in [4.78, 5) is 42.9. The van der Waals surface area contributed by atoms with Gasteiger partial charge in [0.2, 0.25) is 0 Å². The standard InChI is InChI=1S/C18H21N5O2S/c1-12-10-20-14(11-19-12)17(24)23-8-4-13-15(5-9-23)26-16(21-13)18(25)22-6-2-3-7-22/h10-11H,2-9H2,1H3. The number of nitrogens with zero attached hydrogens (tertiary/aromatic N) is 5. The molecule has 1 fully saturated rings. The van der Waals surface area contributed by atoms with Crippen molar-refractivity contribution in [3.05, 3.63) is 39.4 Å². The molecular formula is C18H21N5O2S. The zero-order valence-corrected chi connectivity index (χ0v) is 15.6. The summed E-state index contributed by atoms with van der Waals surface area (Å²) in [6.45, 7) is 4.72. The molecule has 26 heavy (non-hydrogen) atoms. The summed E-state index contributed by atoms with van der Waals surface area (Å²) >= 11 is 1.49. The van der Waals surface area contributed by atoms with Crippen molar-refractivity contribution >= 4 is 23.2 Å². The molecule has 0 aliphatic carbocycles. The van der Waals surface area contributed by atoms with Gasteiger partial charge in [-0.2, -0.15) is 0 Å². The largest absolute Gasteiger partial charge is 0.337 e. The van der Waals surface area contributed by atoms with Crippen LogP contribution in [0.5, 0.6) is 0 Å². The monoisotopic (exact) mass is 371 g/mol. The van der Waals surface area contributed by atoms with Crippen molar-refractivity contribution in [2.45, 2.75) is 32.6 Å². The van der Waals surface area contributed by atoms with Crippen LogP contribution in [0.3, 0.4) is 0 Å². The Morgan fingerprint density at radius 1 is 0.962 bits per heavy atom. The first-order valence-electron chi connectivity index (χ1n) is 8.97. The maximum Gasteiger partial charge on any atom is 0.282 e. The molecule has 8 heteroatoms. The van der Waals surface area contributed by atoms with Crippen molar-refractivity contribution in [3.63, 3.8) is 0 Å². The van der Waals surface area contributed by atoms with Crippen LogP contribution in [0.15, 0.2) is 12.4 Å². The van der Waals surface area contributed by atoms with Crippen molar-refractivity contribution in [2.75, 3.05) is 26.2 Å². The van der Waals surface area contributed by atoms with Gasteiger partial charge in [-0.15, -0.1) is 11.3 Å². The first-order chi connectivity index (χ1) is 12.6. The lowest BCUT2D eigenvalue weighted by molar-refractivity contribution is 0.0753. The van der Waals surface area contributed by atoms with Gasteiger partial charge < -0.3 is 9.80 Å². The van der Waals surface area contributed by atoms with Gasteiger partial charge in [0.25, 0.3) is 11.8 Å². The normalized spacial score (nSPS) is 17.1. The molecule has 2 aromatic rings. The number of carbonyl (C=O) groups excluding carboxylic acids is 2. The molecule has 1 saturated heterocycles. The first kappa shape index (κ1) is 17.1. The molecule has 2 aromatic heterocycles. The second kappa shape index (κ2) is 7.11. The van der Waals surface area contributed by atoms with E-state index in [9.17, 15) is 9.59 Å². The lowest BCUT2D eigenvalue weighted by Crippen LogP contribution is -2.34. The maximum absolute atomic E-state index is 12.6. The predicted molar refractivity (Wildman–Crippen MR) is 97.3 cm³/mol. The van der Waals surface area contributed by atoms with Gasteiger partial charge in [0.1, 0.15) is 5.69 Å². The van der Waals surface area contributed by atoms with Gasteiger partial charge in [-0.05, 0) is 19.8 Å². The van der Waals surface area contributed by atoms with Crippen LogP contribution in [0.2, 0.25) is 0 Å². The molecule has 136 valence electrons. The summed E-state index contributed by atoms with van der Waals surface area (Å²) < 4.78 is 0. The SMILES string of the molecule is Cc1cnc(C(=O)N2CCc3nc(C(=O)N4CCCC4)sc3CC2)cn1. The fourth-order valence-electron chi connectivity index (χ4n) is 3.38. The Balaban J connectivity index is 1.45. The molecule has 0 atom stereocenters. The van der Waals surface area contributed by atoms with Gasteiger partial charge in [-0.25, -0.2) is 9.97 Å². The third kappa shape index (κ3) is 3.33. The van der Waals surface area contributed by atoms with Crippen molar-refractivity contribution < 1.29 is 9.59 Å². The fourth-order valence-corrected chi connectivity index (χ4v) is 4.44. The Morgan fingerprint density at radius 2 is 1.69 bits per heavy atom. The van der Waals surface area contributed by atoms with E-state index in [2.05, 4.69) is 15.0 Å². The van der Waals surface area contributed by atoms with Crippen LogP contribution < -0.4 is 0 Å². The summed E-state index contributed by atoms with van der Waals surface area (Å²) in [5.41, 5.74) is 2.13. The minimum atomic E-state index is -0.0963. The third-order valence-electron chi connectivity index (χ3n) is 4.87. The second-order valence-corrected chi connectivity index (χ2v) is 7.81. The third-order valence-corrected chi connectivity index (χ3v) is 6.01. The van der Waals surface area contributed by atoms with Crippen molar-refractivity contribution in [1.82, 2.24) is 24.8 Å². The minimum Gasteiger partial charge on any atom is -0.337 e. The molecule has 0 unspecified atom stereocenters. The summed E-state index contributed by atoms with van der Waals surface area (Å²) in [7, 11) is 0. The molecule has 0 bridgehead atoms. The van der Waals surface area contributed by atoms with Gasteiger partial charge >= 0.3 is 0 Å². The van der Waals surface area contributed by atoms with Gasteiger partial charge in [0.05, 0.1) is 17.6 Å². The molecule has 0 aromatic carbocycles. The van der Waals surface area contributed by atoms with Crippen LogP contribution in [0.4, 0.5) is 0 Å². The number of aromatic nitrogens is 3. The van der Waals surface area contributed by atoms with E-state index in [1.54, 1.807) is 11.1 Å².